The molecular formula is C25H34ClFN4O6S. The highest BCUT2D eigenvalue weighted by Crippen LogP contribution is 2.22. The Morgan fingerprint density at radius 3 is 2.45 bits per heavy atom. The van der Waals surface area contributed by atoms with Crippen LogP contribution in [0.1, 0.15) is 26.7 Å². The lowest BCUT2D eigenvalue weighted by molar-refractivity contribution is 0.0301. The molecule has 2 rings (SSSR count). The zero-order chi connectivity index (χ0) is 28.1. The predicted molar refractivity (Wildman–Crippen MR) is 143 cm³/mol. The number of rotatable bonds is 14. The maximum absolute atomic E-state index is 13.2. The smallest absolute Gasteiger partial charge is 0.412 e. The standard InChI is InChI=1S/C25H34ClFN4O6S/c1-18(2)29-24(32)31(16-21(17-36-3)37-25(33)30-20-9-5-4-6-10-20)14-8-7-13-28-38(34,35)23-12-11-19(27)15-22(23)26/h4-6,9-12,15,18,21,28H,7-8,13-14,16-17H2,1-3H3,(H,29,32)(H,30,33). The summed E-state index contributed by atoms with van der Waals surface area (Å²) in [4.78, 5) is 26.5. The number of unbranched alkanes of at least 4 members (excludes halogenated alkanes) is 1. The topological polar surface area (TPSA) is 126 Å². The molecule has 0 saturated carbocycles. The highest BCUT2D eigenvalue weighted by Gasteiger charge is 2.23. The van der Waals surface area contributed by atoms with Gasteiger partial charge in [0.05, 0.1) is 18.2 Å². The number of hydrogen-bond donors (Lipinski definition) is 3. The van der Waals surface area contributed by atoms with Gasteiger partial charge >= 0.3 is 12.1 Å². The molecular weight excluding hydrogens is 539 g/mol. The van der Waals surface area contributed by atoms with E-state index in [9.17, 15) is 22.4 Å². The molecule has 1 unspecified atom stereocenters. The number of halogens is 2. The van der Waals surface area contributed by atoms with Crippen LogP contribution in [0, 0.1) is 5.82 Å². The molecule has 2 aromatic rings. The summed E-state index contributed by atoms with van der Waals surface area (Å²) < 4.78 is 51.3. The number of anilines is 1. The molecule has 0 aliphatic carbocycles. The van der Waals surface area contributed by atoms with Crippen molar-refractivity contribution in [2.24, 2.45) is 0 Å². The fourth-order valence-electron chi connectivity index (χ4n) is 3.39. The van der Waals surface area contributed by atoms with E-state index in [-0.39, 0.29) is 48.2 Å². The van der Waals surface area contributed by atoms with Gasteiger partial charge in [0.2, 0.25) is 10.0 Å². The van der Waals surface area contributed by atoms with Gasteiger partial charge < -0.3 is 19.7 Å². The molecule has 0 saturated heterocycles. The van der Waals surface area contributed by atoms with E-state index in [0.717, 1.165) is 18.2 Å². The van der Waals surface area contributed by atoms with Crippen molar-refractivity contribution in [2.75, 3.05) is 38.7 Å². The molecule has 13 heteroatoms. The third-order valence-corrected chi connectivity index (χ3v) is 7.04. The molecule has 0 fully saturated rings. The van der Waals surface area contributed by atoms with Gasteiger partial charge in [-0.15, -0.1) is 0 Å². The first-order valence-electron chi connectivity index (χ1n) is 12.0. The van der Waals surface area contributed by atoms with Crippen molar-refractivity contribution in [3.8, 4) is 0 Å². The lowest BCUT2D eigenvalue weighted by Gasteiger charge is -2.28. The van der Waals surface area contributed by atoms with Gasteiger partial charge in [0, 0.05) is 31.9 Å². The quantitative estimate of drug-likeness (QED) is 0.291. The molecule has 2 aromatic carbocycles. The Morgan fingerprint density at radius 1 is 1.11 bits per heavy atom. The minimum absolute atomic E-state index is 0.0610. The number of methoxy groups -OCH3 is 1. The number of nitrogens with zero attached hydrogens (tertiary/aromatic N) is 1. The Morgan fingerprint density at radius 2 is 1.82 bits per heavy atom. The molecule has 0 aliphatic rings. The average molecular weight is 573 g/mol. The summed E-state index contributed by atoms with van der Waals surface area (Å²) in [5.74, 6) is -0.637. The first-order chi connectivity index (χ1) is 18.0. The van der Waals surface area contributed by atoms with E-state index in [4.69, 9.17) is 21.1 Å². The van der Waals surface area contributed by atoms with Crippen LogP contribution in [0.2, 0.25) is 5.02 Å². The van der Waals surface area contributed by atoms with Crippen LogP contribution < -0.4 is 15.4 Å². The van der Waals surface area contributed by atoms with Crippen LogP contribution >= 0.6 is 11.6 Å². The number of ether oxygens (including phenoxy) is 2. The summed E-state index contributed by atoms with van der Waals surface area (Å²) in [6.45, 7) is 4.11. The summed E-state index contributed by atoms with van der Waals surface area (Å²) in [7, 11) is -2.47. The van der Waals surface area contributed by atoms with E-state index in [0.29, 0.717) is 18.5 Å². The molecule has 0 aromatic heterocycles. The van der Waals surface area contributed by atoms with Gasteiger partial charge in [-0.25, -0.2) is 27.1 Å². The monoisotopic (exact) mass is 572 g/mol. The molecule has 3 N–H and O–H groups in total. The second-order valence-corrected chi connectivity index (χ2v) is 10.8. The van der Waals surface area contributed by atoms with Crippen molar-refractivity contribution < 1.29 is 31.9 Å². The molecule has 0 aliphatic heterocycles. The highest BCUT2D eigenvalue weighted by molar-refractivity contribution is 7.89. The number of hydrogen-bond acceptors (Lipinski definition) is 6. The van der Waals surface area contributed by atoms with Gasteiger partial charge in [-0.05, 0) is 57.0 Å². The number of carbonyl (C=O) groups excluding carboxylic acids is 2. The number of sulfonamides is 1. The number of amides is 3. The van der Waals surface area contributed by atoms with Crippen LogP contribution in [0.15, 0.2) is 53.4 Å². The maximum atomic E-state index is 13.2. The molecule has 0 heterocycles. The molecule has 0 radical (unpaired) electrons. The Kier molecular flexibility index (Phi) is 12.7. The number of para-hydroxylation sites is 1. The number of benzene rings is 2. The van der Waals surface area contributed by atoms with Crippen LogP contribution in [0.3, 0.4) is 0 Å². The first kappa shape index (κ1) is 31.3. The molecule has 210 valence electrons. The number of carbonyl (C=O) groups is 2. The zero-order valence-corrected chi connectivity index (χ0v) is 23.1. The molecule has 38 heavy (non-hydrogen) atoms. The van der Waals surface area contributed by atoms with Crippen molar-refractivity contribution in [2.45, 2.75) is 43.7 Å². The van der Waals surface area contributed by atoms with Crippen molar-refractivity contribution in [1.82, 2.24) is 14.9 Å². The Hall–Kier alpha value is -2.93. The van der Waals surface area contributed by atoms with Crippen molar-refractivity contribution in [3.63, 3.8) is 0 Å². The van der Waals surface area contributed by atoms with Crippen LogP contribution in [0.4, 0.5) is 19.7 Å². The SMILES string of the molecule is COCC(CN(CCCCNS(=O)(=O)c1ccc(F)cc1Cl)C(=O)NC(C)C)OC(=O)Nc1ccccc1. The van der Waals surface area contributed by atoms with Crippen molar-refractivity contribution in [3.05, 3.63) is 59.4 Å². The summed E-state index contributed by atoms with van der Waals surface area (Å²) in [6.07, 6.45) is -0.591. The lowest BCUT2D eigenvalue weighted by Crippen LogP contribution is -2.48. The fraction of sp³-hybridized carbons (Fsp3) is 0.440. The fourth-order valence-corrected chi connectivity index (χ4v) is 5.00. The Balaban J connectivity index is 1.95. The van der Waals surface area contributed by atoms with Gasteiger partial charge in [-0.2, -0.15) is 0 Å². The van der Waals surface area contributed by atoms with E-state index in [2.05, 4.69) is 15.4 Å². The Labute approximate surface area is 227 Å². The first-order valence-corrected chi connectivity index (χ1v) is 13.9. The molecule has 0 spiro atoms. The second kappa shape index (κ2) is 15.5. The van der Waals surface area contributed by atoms with Crippen LogP contribution in [-0.4, -0.2) is 70.9 Å². The van der Waals surface area contributed by atoms with E-state index >= 15 is 0 Å². The lowest BCUT2D eigenvalue weighted by atomic mass is 10.2. The molecule has 1 atom stereocenters. The normalized spacial score (nSPS) is 12.2. The van der Waals surface area contributed by atoms with E-state index < -0.39 is 28.0 Å². The van der Waals surface area contributed by atoms with E-state index in [1.807, 2.05) is 19.9 Å². The van der Waals surface area contributed by atoms with Gasteiger partial charge in [0.15, 0.2) is 0 Å². The maximum Gasteiger partial charge on any atom is 0.412 e. The summed E-state index contributed by atoms with van der Waals surface area (Å²) >= 11 is 5.87. The predicted octanol–water partition coefficient (Wildman–Crippen LogP) is 4.22. The van der Waals surface area contributed by atoms with E-state index in [1.165, 1.54) is 12.0 Å². The third-order valence-electron chi connectivity index (χ3n) is 5.10. The minimum atomic E-state index is -3.93. The van der Waals surface area contributed by atoms with Crippen LogP contribution in [0.25, 0.3) is 0 Å². The van der Waals surface area contributed by atoms with Crippen molar-refractivity contribution >= 4 is 39.4 Å². The van der Waals surface area contributed by atoms with E-state index in [1.54, 1.807) is 24.3 Å². The van der Waals surface area contributed by atoms with Gasteiger partial charge in [0.1, 0.15) is 16.8 Å². The Bertz CT molecular complexity index is 1150. The third kappa shape index (κ3) is 10.8. The summed E-state index contributed by atoms with van der Waals surface area (Å²) in [6, 6.07) is 11.4. The molecule has 3 amide bonds. The van der Waals surface area contributed by atoms with Gasteiger partial charge in [0.25, 0.3) is 0 Å². The summed E-state index contributed by atoms with van der Waals surface area (Å²) in [5, 5.41) is 5.23. The zero-order valence-electron chi connectivity index (χ0n) is 21.6. The largest absolute Gasteiger partial charge is 0.442 e. The van der Waals surface area contributed by atoms with Gasteiger partial charge in [-0.3, -0.25) is 5.32 Å². The average Bonchev–Trinajstić information content (AvgIpc) is 2.83. The number of urea groups is 1. The number of nitrogens with one attached hydrogen (secondary N) is 3. The van der Waals surface area contributed by atoms with Crippen LogP contribution in [-0.2, 0) is 19.5 Å². The molecule has 10 nitrogen and oxygen atoms in total. The minimum Gasteiger partial charge on any atom is -0.442 e. The van der Waals surface area contributed by atoms with Gasteiger partial charge in [-0.1, -0.05) is 29.8 Å². The highest BCUT2D eigenvalue weighted by atomic mass is 35.5. The second-order valence-electron chi connectivity index (χ2n) is 8.70. The van der Waals surface area contributed by atoms with Crippen molar-refractivity contribution in [1.29, 1.82) is 0 Å². The van der Waals surface area contributed by atoms with Crippen LogP contribution in [0.5, 0.6) is 0 Å². The molecule has 0 bridgehead atoms. The summed E-state index contributed by atoms with van der Waals surface area (Å²) in [5.41, 5.74) is 0.562.